The fourth-order valence-corrected chi connectivity index (χ4v) is 4.68. The van der Waals surface area contributed by atoms with Gasteiger partial charge in [0.2, 0.25) is 11.9 Å². The van der Waals surface area contributed by atoms with E-state index in [4.69, 9.17) is 9.97 Å². The lowest BCUT2D eigenvalue weighted by Gasteiger charge is -2.39. The molecule has 2 aliphatic heterocycles. The third-order valence-corrected chi connectivity index (χ3v) is 5.99. The number of carbonyl (C=O) groups excluding carboxylic acids is 1. The Bertz CT molecular complexity index is 678. The first kappa shape index (κ1) is 16.6. The van der Waals surface area contributed by atoms with Gasteiger partial charge in [0, 0.05) is 38.8 Å². The van der Waals surface area contributed by atoms with Crippen LogP contribution >= 0.6 is 0 Å². The molecule has 0 unspecified atom stereocenters. The third-order valence-electron chi connectivity index (χ3n) is 5.99. The summed E-state index contributed by atoms with van der Waals surface area (Å²) in [5, 5.41) is 12.4. The zero-order chi connectivity index (χ0) is 17.4. The largest absolute Gasteiger partial charge is 0.395 e. The molecule has 136 valence electrons. The van der Waals surface area contributed by atoms with Crippen molar-refractivity contribution in [3.63, 3.8) is 0 Å². The molecule has 25 heavy (non-hydrogen) atoms. The van der Waals surface area contributed by atoms with Crippen molar-refractivity contribution in [2.75, 3.05) is 50.1 Å². The van der Waals surface area contributed by atoms with Crippen LogP contribution in [0, 0.1) is 5.41 Å². The second kappa shape index (κ2) is 6.44. The van der Waals surface area contributed by atoms with Crippen LogP contribution in [-0.4, -0.2) is 65.7 Å². The Morgan fingerprint density at radius 2 is 2.08 bits per heavy atom. The van der Waals surface area contributed by atoms with E-state index in [0.29, 0.717) is 13.1 Å². The predicted molar refractivity (Wildman–Crippen MR) is 95.8 cm³/mol. The minimum absolute atomic E-state index is 0.0327. The number of hydrogen-bond donors (Lipinski definition) is 2. The Balaban J connectivity index is 1.57. The van der Waals surface area contributed by atoms with Gasteiger partial charge in [0.1, 0.15) is 5.82 Å². The number of hydrogen-bond acceptors (Lipinski definition) is 6. The Labute approximate surface area is 148 Å². The van der Waals surface area contributed by atoms with E-state index >= 15 is 0 Å². The first-order chi connectivity index (χ1) is 12.2. The average Bonchev–Trinajstić information content (AvgIpc) is 3.26. The molecule has 2 fully saturated rings. The number of rotatable bonds is 4. The first-order valence-corrected chi connectivity index (χ1v) is 9.39. The minimum atomic E-state index is -0.324. The molecule has 0 radical (unpaired) electrons. The maximum absolute atomic E-state index is 13.0. The Kier molecular flexibility index (Phi) is 4.27. The number of amides is 1. The van der Waals surface area contributed by atoms with Crippen LogP contribution in [0.25, 0.3) is 0 Å². The zero-order valence-corrected chi connectivity index (χ0v) is 14.9. The summed E-state index contributed by atoms with van der Waals surface area (Å²) in [5.41, 5.74) is 2.09. The predicted octanol–water partition coefficient (Wildman–Crippen LogP) is 0.818. The number of piperidine rings is 1. The SMILES string of the molecule is CNc1nc(N2CC[C@]3(CCCN(CCO)C3=O)C2)nc2c1CCC2. The van der Waals surface area contributed by atoms with Crippen LogP contribution in [0.4, 0.5) is 11.8 Å². The van der Waals surface area contributed by atoms with Gasteiger partial charge in [-0.2, -0.15) is 4.98 Å². The summed E-state index contributed by atoms with van der Waals surface area (Å²) in [6.07, 6.45) is 5.98. The molecule has 1 amide bonds. The molecule has 1 aliphatic carbocycles. The van der Waals surface area contributed by atoms with Crippen LogP contribution in [-0.2, 0) is 17.6 Å². The number of aliphatic hydroxyl groups excluding tert-OH is 1. The zero-order valence-electron chi connectivity index (χ0n) is 14.9. The van der Waals surface area contributed by atoms with E-state index in [9.17, 15) is 9.90 Å². The van der Waals surface area contributed by atoms with E-state index in [-0.39, 0.29) is 17.9 Å². The molecule has 3 heterocycles. The highest BCUT2D eigenvalue weighted by atomic mass is 16.3. The number of fused-ring (bicyclic) bond motifs is 1. The fourth-order valence-electron chi connectivity index (χ4n) is 4.68. The number of likely N-dealkylation sites (tertiary alicyclic amines) is 1. The van der Waals surface area contributed by atoms with Crippen molar-refractivity contribution < 1.29 is 9.90 Å². The smallest absolute Gasteiger partial charge is 0.230 e. The van der Waals surface area contributed by atoms with Gasteiger partial charge in [0.05, 0.1) is 17.7 Å². The molecule has 1 aromatic heterocycles. The van der Waals surface area contributed by atoms with Crippen molar-refractivity contribution in [1.29, 1.82) is 0 Å². The molecule has 2 N–H and O–H groups in total. The number of nitrogens with zero attached hydrogens (tertiary/aromatic N) is 4. The van der Waals surface area contributed by atoms with Gasteiger partial charge in [-0.05, 0) is 38.5 Å². The number of β-amino-alcohol motifs (C(OH)–C–C–N with tert-alkyl or cyclic N) is 1. The molecule has 1 atom stereocenters. The summed E-state index contributed by atoms with van der Waals surface area (Å²) >= 11 is 0. The van der Waals surface area contributed by atoms with Crippen LogP contribution in [0.15, 0.2) is 0 Å². The van der Waals surface area contributed by atoms with Crippen LogP contribution in [0.5, 0.6) is 0 Å². The Morgan fingerprint density at radius 1 is 1.20 bits per heavy atom. The van der Waals surface area contributed by atoms with E-state index in [1.165, 1.54) is 5.56 Å². The molecule has 4 rings (SSSR count). The standard InChI is InChI=1S/C18H27N5O2/c1-19-15-13-4-2-5-14(13)20-17(21-15)23-9-7-18(12-23)6-3-8-22(10-11-24)16(18)25/h24H,2-12H2,1H3,(H,19,20,21)/t18-/m1/s1. The van der Waals surface area contributed by atoms with Gasteiger partial charge in [0.15, 0.2) is 0 Å². The number of aliphatic hydroxyl groups is 1. The second-order valence-corrected chi connectivity index (χ2v) is 7.47. The Morgan fingerprint density at radius 3 is 2.88 bits per heavy atom. The van der Waals surface area contributed by atoms with E-state index < -0.39 is 0 Å². The van der Waals surface area contributed by atoms with Gasteiger partial charge >= 0.3 is 0 Å². The average molecular weight is 345 g/mol. The summed E-state index contributed by atoms with van der Waals surface area (Å²) in [6, 6.07) is 0. The number of aryl methyl sites for hydroxylation is 1. The quantitative estimate of drug-likeness (QED) is 0.841. The van der Waals surface area contributed by atoms with Crippen LogP contribution in [0.1, 0.15) is 36.9 Å². The van der Waals surface area contributed by atoms with Gasteiger partial charge in [-0.1, -0.05) is 0 Å². The number of aromatic nitrogens is 2. The third kappa shape index (κ3) is 2.74. The van der Waals surface area contributed by atoms with E-state index in [0.717, 1.165) is 69.1 Å². The van der Waals surface area contributed by atoms with Crippen molar-refractivity contribution in [2.24, 2.45) is 5.41 Å². The van der Waals surface area contributed by atoms with Crippen molar-refractivity contribution in [2.45, 2.75) is 38.5 Å². The monoisotopic (exact) mass is 345 g/mol. The summed E-state index contributed by atoms with van der Waals surface area (Å²) in [6.45, 7) is 2.75. The van der Waals surface area contributed by atoms with E-state index in [2.05, 4.69) is 10.2 Å². The second-order valence-electron chi connectivity index (χ2n) is 7.47. The highest BCUT2D eigenvalue weighted by molar-refractivity contribution is 5.85. The van der Waals surface area contributed by atoms with Crippen molar-refractivity contribution >= 4 is 17.7 Å². The summed E-state index contributed by atoms with van der Waals surface area (Å²) in [7, 11) is 1.91. The lowest BCUT2D eigenvalue weighted by molar-refractivity contribution is -0.145. The normalized spacial score (nSPS) is 25.8. The van der Waals surface area contributed by atoms with E-state index in [1.807, 2.05) is 11.9 Å². The lowest BCUT2D eigenvalue weighted by Crippen LogP contribution is -2.50. The highest BCUT2D eigenvalue weighted by Crippen LogP contribution is 2.41. The maximum atomic E-state index is 13.0. The topological polar surface area (TPSA) is 81.6 Å². The summed E-state index contributed by atoms with van der Waals surface area (Å²) in [4.78, 5) is 26.5. The van der Waals surface area contributed by atoms with Crippen LogP contribution < -0.4 is 10.2 Å². The minimum Gasteiger partial charge on any atom is -0.395 e. The molecule has 7 heteroatoms. The lowest BCUT2D eigenvalue weighted by atomic mass is 9.78. The maximum Gasteiger partial charge on any atom is 0.230 e. The molecule has 1 aromatic rings. The van der Waals surface area contributed by atoms with Gasteiger partial charge in [-0.3, -0.25) is 4.79 Å². The molecule has 0 bridgehead atoms. The molecular weight excluding hydrogens is 318 g/mol. The van der Waals surface area contributed by atoms with Crippen molar-refractivity contribution in [3.8, 4) is 0 Å². The van der Waals surface area contributed by atoms with Gasteiger partial charge in [-0.15, -0.1) is 0 Å². The summed E-state index contributed by atoms with van der Waals surface area (Å²) in [5.74, 6) is 1.90. The van der Waals surface area contributed by atoms with Crippen molar-refractivity contribution in [1.82, 2.24) is 14.9 Å². The highest BCUT2D eigenvalue weighted by Gasteiger charge is 2.48. The number of nitrogens with one attached hydrogen (secondary N) is 1. The van der Waals surface area contributed by atoms with E-state index in [1.54, 1.807) is 0 Å². The molecule has 3 aliphatic rings. The number of anilines is 2. The molecule has 7 nitrogen and oxygen atoms in total. The molecule has 0 saturated carbocycles. The van der Waals surface area contributed by atoms with Crippen LogP contribution in [0.2, 0.25) is 0 Å². The Hall–Kier alpha value is -1.89. The van der Waals surface area contributed by atoms with Gasteiger partial charge in [-0.25, -0.2) is 4.98 Å². The first-order valence-electron chi connectivity index (χ1n) is 9.39. The van der Waals surface area contributed by atoms with Crippen LogP contribution in [0.3, 0.4) is 0 Å². The number of carbonyl (C=O) groups is 1. The fraction of sp³-hybridized carbons (Fsp3) is 0.722. The van der Waals surface area contributed by atoms with Crippen molar-refractivity contribution in [3.05, 3.63) is 11.3 Å². The van der Waals surface area contributed by atoms with Gasteiger partial charge in [0.25, 0.3) is 0 Å². The molecular formula is C18H27N5O2. The van der Waals surface area contributed by atoms with Gasteiger partial charge < -0.3 is 20.2 Å². The molecule has 2 saturated heterocycles. The molecule has 0 aromatic carbocycles. The molecule has 1 spiro atoms. The summed E-state index contributed by atoms with van der Waals surface area (Å²) < 4.78 is 0.